The number of rotatable bonds is 1. The number of benzene rings is 1. The fourth-order valence-electron chi connectivity index (χ4n) is 3.66. The summed E-state index contributed by atoms with van der Waals surface area (Å²) in [5.74, 6) is 0.402. The molecule has 0 unspecified atom stereocenters. The average molecular weight is 272 g/mol. The summed E-state index contributed by atoms with van der Waals surface area (Å²) in [5.41, 5.74) is 3.04. The fourth-order valence-corrected chi connectivity index (χ4v) is 3.66. The van der Waals surface area contributed by atoms with E-state index in [1.54, 1.807) is 0 Å². The van der Waals surface area contributed by atoms with Gasteiger partial charge in [0.25, 0.3) is 0 Å². The number of hydrogen-bond donors (Lipinski definition) is 1. The fraction of sp³-hybridized carbons (Fsp3) is 0.588. The lowest BCUT2D eigenvalue weighted by Gasteiger charge is -2.46. The maximum Gasteiger partial charge on any atom is 0.225 e. The second kappa shape index (κ2) is 5.21. The largest absolute Gasteiger partial charge is 0.342 e. The van der Waals surface area contributed by atoms with Crippen LogP contribution in [-0.2, 0) is 16.8 Å². The average Bonchev–Trinajstić information content (AvgIpc) is 2.48. The molecule has 3 nitrogen and oxygen atoms in total. The smallest absolute Gasteiger partial charge is 0.225 e. The molecule has 1 aromatic carbocycles. The number of nitrogens with zero attached hydrogens (tertiary/aromatic N) is 1. The third-order valence-electron chi connectivity index (χ3n) is 4.81. The van der Waals surface area contributed by atoms with Crippen LogP contribution in [0.25, 0.3) is 0 Å². The second-order valence-corrected chi connectivity index (χ2v) is 6.40. The number of hydrogen-bond acceptors (Lipinski definition) is 2. The van der Waals surface area contributed by atoms with E-state index >= 15 is 0 Å². The molecule has 3 rings (SSSR count). The van der Waals surface area contributed by atoms with Gasteiger partial charge in [0, 0.05) is 31.1 Å². The van der Waals surface area contributed by atoms with Gasteiger partial charge in [0.2, 0.25) is 5.91 Å². The zero-order valence-corrected chi connectivity index (χ0v) is 12.5. The van der Waals surface area contributed by atoms with Crippen molar-refractivity contribution >= 4 is 5.91 Å². The van der Waals surface area contributed by atoms with E-state index in [4.69, 9.17) is 0 Å². The van der Waals surface area contributed by atoms with Crippen molar-refractivity contribution < 1.29 is 4.79 Å². The van der Waals surface area contributed by atoms with Gasteiger partial charge in [-0.2, -0.15) is 0 Å². The molecule has 3 heteroatoms. The summed E-state index contributed by atoms with van der Waals surface area (Å²) in [5, 5.41) is 3.74. The second-order valence-electron chi connectivity index (χ2n) is 6.40. The van der Waals surface area contributed by atoms with E-state index < -0.39 is 0 Å². The first-order valence-electron chi connectivity index (χ1n) is 7.75. The molecule has 2 aliphatic heterocycles. The van der Waals surface area contributed by atoms with Crippen LogP contribution in [0.3, 0.4) is 0 Å². The predicted molar refractivity (Wildman–Crippen MR) is 80.5 cm³/mol. The molecule has 0 atom stereocenters. The first-order chi connectivity index (χ1) is 9.62. The highest BCUT2D eigenvalue weighted by Gasteiger charge is 2.40. The van der Waals surface area contributed by atoms with Crippen LogP contribution in [0.5, 0.6) is 0 Å². The van der Waals surface area contributed by atoms with Crippen molar-refractivity contribution in [3.63, 3.8) is 0 Å². The SMILES string of the molecule is CC(C)C(=O)N1CCC2(CC1)NCCc1ccccc12. The van der Waals surface area contributed by atoms with Gasteiger partial charge in [-0.05, 0) is 30.4 Å². The van der Waals surface area contributed by atoms with E-state index in [1.165, 1.54) is 11.1 Å². The molecule has 1 fully saturated rings. The van der Waals surface area contributed by atoms with E-state index in [-0.39, 0.29) is 11.5 Å². The molecular formula is C17H24N2O. The highest BCUT2D eigenvalue weighted by Crippen LogP contribution is 2.37. The van der Waals surface area contributed by atoms with Crippen LogP contribution in [0.15, 0.2) is 24.3 Å². The van der Waals surface area contributed by atoms with Crippen LogP contribution >= 0.6 is 0 Å². The number of fused-ring (bicyclic) bond motifs is 2. The van der Waals surface area contributed by atoms with Crippen molar-refractivity contribution in [2.24, 2.45) is 5.92 Å². The molecule has 108 valence electrons. The van der Waals surface area contributed by atoms with Gasteiger partial charge in [0.1, 0.15) is 0 Å². The van der Waals surface area contributed by atoms with E-state index in [0.717, 1.165) is 38.9 Å². The maximum absolute atomic E-state index is 12.1. The zero-order chi connectivity index (χ0) is 14.2. The van der Waals surface area contributed by atoms with Crippen LogP contribution < -0.4 is 5.32 Å². The number of amides is 1. The van der Waals surface area contributed by atoms with Crippen LogP contribution in [0.2, 0.25) is 0 Å². The molecule has 20 heavy (non-hydrogen) atoms. The minimum atomic E-state index is 0.0998. The van der Waals surface area contributed by atoms with E-state index in [0.29, 0.717) is 5.91 Å². The van der Waals surface area contributed by atoms with Gasteiger partial charge in [-0.15, -0.1) is 0 Å². The van der Waals surface area contributed by atoms with Crippen LogP contribution in [0.4, 0.5) is 0 Å². The minimum absolute atomic E-state index is 0.0998. The van der Waals surface area contributed by atoms with Gasteiger partial charge >= 0.3 is 0 Å². The van der Waals surface area contributed by atoms with E-state index in [1.807, 2.05) is 18.7 Å². The van der Waals surface area contributed by atoms with E-state index in [9.17, 15) is 4.79 Å². The van der Waals surface area contributed by atoms with Crippen molar-refractivity contribution in [3.05, 3.63) is 35.4 Å². The van der Waals surface area contributed by atoms with Gasteiger partial charge in [-0.1, -0.05) is 38.1 Å². The normalized spacial score (nSPS) is 21.1. The summed E-state index contributed by atoms with van der Waals surface area (Å²) in [6, 6.07) is 8.79. The third kappa shape index (κ3) is 2.24. The quantitative estimate of drug-likeness (QED) is 0.851. The lowest BCUT2D eigenvalue weighted by Crippen LogP contribution is -2.55. The predicted octanol–water partition coefficient (Wildman–Crippen LogP) is 2.31. The molecule has 1 N–H and O–H groups in total. The topological polar surface area (TPSA) is 32.3 Å². The first kappa shape index (κ1) is 13.6. The molecular weight excluding hydrogens is 248 g/mol. The Balaban J connectivity index is 1.79. The summed E-state index contributed by atoms with van der Waals surface area (Å²) >= 11 is 0. The summed E-state index contributed by atoms with van der Waals surface area (Å²) in [6.45, 7) is 6.77. The Labute approximate surface area is 121 Å². The Bertz CT molecular complexity index is 501. The Morgan fingerprint density at radius 1 is 1.25 bits per heavy atom. The van der Waals surface area contributed by atoms with Crippen LogP contribution in [0.1, 0.15) is 37.8 Å². The van der Waals surface area contributed by atoms with Crippen molar-refractivity contribution in [2.75, 3.05) is 19.6 Å². The molecule has 1 amide bonds. The van der Waals surface area contributed by atoms with Gasteiger partial charge < -0.3 is 10.2 Å². The van der Waals surface area contributed by atoms with Crippen LogP contribution in [-0.4, -0.2) is 30.4 Å². The highest BCUT2D eigenvalue weighted by molar-refractivity contribution is 5.78. The number of nitrogens with one attached hydrogen (secondary N) is 1. The molecule has 2 aliphatic rings. The molecule has 1 saturated heterocycles. The monoisotopic (exact) mass is 272 g/mol. The molecule has 1 spiro atoms. The van der Waals surface area contributed by atoms with Gasteiger partial charge in [-0.25, -0.2) is 0 Å². The number of piperidine rings is 1. The summed E-state index contributed by atoms with van der Waals surface area (Å²) in [4.78, 5) is 14.2. The number of carbonyl (C=O) groups excluding carboxylic acids is 1. The van der Waals surface area contributed by atoms with Gasteiger partial charge in [0.05, 0.1) is 0 Å². The number of carbonyl (C=O) groups is 1. The maximum atomic E-state index is 12.1. The van der Waals surface area contributed by atoms with Crippen molar-refractivity contribution in [2.45, 2.75) is 38.6 Å². The number of likely N-dealkylation sites (tertiary alicyclic amines) is 1. The minimum Gasteiger partial charge on any atom is -0.342 e. The lowest BCUT2D eigenvalue weighted by molar-refractivity contribution is -0.136. The lowest BCUT2D eigenvalue weighted by atomic mass is 9.76. The van der Waals surface area contributed by atoms with Crippen molar-refractivity contribution in [1.82, 2.24) is 10.2 Å². The summed E-state index contributed by atoms with van der Waals surface area (Å²) in [6.07, 6.45) is 3.18. The van der Waals surface area contributed by atoms with Crippen molar-refractivity contribution in [3.8, 4) is 0 Å². The molecule has 0 aromatic heterocycles. The van der Waals surface area contributed by atoms with Gasteiger partial charge in [0.15, 0.2) is 0 Å². The molecule has 0 aliphatic carbocycles. The molecule has 0 radical (unpaired) electrons. The summed E-state index contributed by atoms with van der Waals surface area (Å²) in [7, 11) is 0. The first-order valence-corrected chi connectivity index (χ1v) is 7.75. The Morgan fingerprint density at radius 3 is 2.65 bits per heavy atom. The molecule has 2 heterocycles. The van der Waals surface area contributed by atoms with Crippen LogP contribution in [0, 0.1) is 5.92 Å². The Morgan fingerprint density at radius 2 is 1.95 bits per heavy atom. The third-order valence-corrected chi connectivity index (χ3v) is 4.81. The standard InChI is InChI=1S/C17H24N2O/c1-13(2)16(20)19-11-8-17(9-12-19)15-6-4-3-5-14(15)7-10-18-17/h3-6,13,18H,7-12H2,1-2H3. The van der Waals surface area contributed by atoms with E-state index in [2.05, 4.69) is 29.6 Å². The zero-order valence-electron chi connectivity index (χ0n) is 12.5. The molecule has 0 bridgehead atoms. The summed E-state index contributed by atoms with van der Waals surface area (Å²) < 4.78 is 0. The molecule has 1 aromatic rings. The highest BCUT2D eigenvalue weighted by atomic mass is 16.2. The Hall–Kier alpha value is -1.35. The Kier molecular flexibility index (Phi) is 3.55. The van der Waals surface area contributed by atoms with Crippen molar-refractivity contribution in [1.29, 1.82) is 0 Å². The molecule has 0 saturated carbocycles. The van der Waals surface area contributed by atoms with Gasteiger partial charge in [-0.3, -0.25) is 4.79 Å².